The summed E-state index contributed by atoms with van der Waals surface area (Å²) in [6, 6.07) is 2.40. The number of nitrogens with zero attached hydrogens (tertiary/aromatic N) is 5. The van der Waals surface area contributed by atoms with Crippen LogP contribution in [0.5, 0.6) is 0 Å². The zero-order chi connectivity index (χ0) is 25.4. The monoisotopic (exact) mass is 507 g/mol. The van der Waals surface area contributed by atoms with Crippen molar-refractivity contribution in [1.29, 1.82) is 0 Å². The molecule has 2 aliphatic rings. The highest BCUT2D eigenvalue weighted by Crippen LogP contribution is 2.44. The predicted octanol–water partition coefficient (Wildman–Crippen LogP) is 5.46. The van der Waals surface area contributed by atoms with Crippen LogP contribution in [0.3, 0.4) is 0 Å². The van der Waals surface area contributed by atoms with Gasteiger partial charge in [0.2, 0.25) is 11.9 Å². The van der Waals surface area contributed by atoms with Crippen LogP contribution in [0, 0.1) is 18.8 Å². The number of pyridine rings is 1. The largest absolute Gasteiger partial charge is 0.369 e. The van der Waals surface area contributed by atoms with Crippen molar-refractivity contribution in [2.45, 2.75) is 71.3 Å². The average Bonchev–Trinajstić information content (AvgIpc) is 3.77. The van der Waals surface area contributed by atoms with E-state index < -0.39 is 0 Å². The second-order valence-electron chi connectivity index (χ2n) is 10.5. The van der Waals surface area contributed by atoms with E-state index >= 15 is 0 Å². The number of anilines is 2. The van der Waals surface area contributed by atoms with Crippen LogP contribution in [0.4, 0.5) is 11.8 Å². The number of nitrogens with one attached hydrogen (secondary N) is 2. The highest BCUT2D eigenvalue weighted by Gasteiger charge is 2.30. The fourth-order valence-corrected chi connectivity index (χ4v) is 5.88. The quantitative estimate of drug-likeness (QED) is 0.356. The molecule has 1 unspecified atom stereocenters. The van der Waals surface area contributed by atoms with Gasteiger partial charge >= 0.3 is 0 Å². The van der Waals surface area contributed by atoms with Gasteiger partial charge in [0.15, 0.2) is 0 Å². The molecule has 36 heavy (non-hydrogen) atoms. The van der Waals surface area contributed by atoms with Crippen LogP contribution in [0.15, 0.2) is 12.3 Å². The Kier molecular flexibility index (Phi) is 7.10. The van der Waals surface area contributed by atoms with Crippen LogP contribution in [0.2, 0.25) is 0 Å². The first-order chi connectivity index (χ1) is 17.4. The van der Waals surface area contributed by atoms with Gasteiger partial charge < -0.3 is 15.5 Å². The summed E-state index contributed by atoms with van der Waals surface area (Å²) in [7, 11) is 3.64. The standard InChI is InChI=1S/C27H37N7OS/c1-6-17(26(35)34(4)5)11-13-29-24-21(16(3)31-27(33-24)30-15(2)18-7-8-18)25-32-23-20(36-25)12-14-28-22(23)19-9-10-19/h12,14-15,17-19H,6-11,13H2,1-5H3,(H2,29,30,31,33)/t15-,17?/m1/s1. The Morgan fingerprint density at radius 3 is 2.64 bits per heavy atom. The summed E-state index contributed by atoms with van der Waals surface area (Å²) in [5.41, 5.74) is 3.97. The van der Waals surface area contributed by atoms with E-state index in [9.17, 15) is 4.79 Å². The summed E-state index contributed by atoms with van der Waals surface area (Å²) in [6.07, 6.45) is 8.37. The van der Waals surface area contributed by atoms with Crippen LogP contribution in [-0.2, 0) is 4.79 Å². The maximum absolute atomic E-state index is 12.5. The zero-order valence-electron chi connectivity index (χ0n) is 22.0. The molecule has 2 N–H and O–H groups in total. The number of carbonyl (C=O) groups excluding carboxylic acids is 1. The van der Waals surface area contributed by atoms with Crippen molar-refractivity contribution in [3.63, 3.8) is 0 Å². The molecule has 0 radical (unpaired) electrons. The van der Waals surface area contributed by atoms with Crippen molar-refractivity contribution >= 4 is 39.2 Å². The van der Waals surface area contributed by atoms with Gasteiger partial charge in [-0.3, -0.25) is 9.78 Å². The summed E-state index contributed by atoms with van der Waals surface area (Å²) in [5, 5.41) is 7.98. The van der Waals surface area contributed by atoms with Gasteiger partial charge in [-0.25, -0.2) is 9.97 Å². The highest BCUT2D eigenvalue weighted by atomic mass is 32.1. The van der Waals surface area contributed by atoms with Crippen molar-refractivity contribution < 1.29 is 4.79 Å². The summed E-state index contributed by atoms with van der Waals surface area (Å²) in [4.78, 5) is 33.7. The van der Waals surface area contributed by atoms with Crippen molar-refractivity contribution in [3.05, 3.63) is 23.7 Å². The first-order valence-electron chi connectivity index (χ1n) is 13.2. The molecule has 1 amide bonds. The summed E-state index contributed by atoms with van der Waals surface area (Å²) in [5.74, 6) is 2.82. The van der Waals surface area contributed by atoms with Crippen LogP contribution in [-0.4, -0.2) is 57.4 Å². The molecule has 2 fully saturated rings. The number of thiazole rings is 1. The lowest BCUT2D eigenvalue weighted by Gasteiger charge is -2.20. The molecule has 0 aliphatic heterocycles. The lowest BCUT2D eigenvalue weighted by Crippen LogP contribution is -2.30. The first kappa shape index (κ1) is 24.9. The van der Waals surface area contributed by atoms with Crippen LogP contribution < -0.4 is 10.6 Å². The van der Waals surface area contributed by atoms with Crippen molar-refractivity contribution in [2.24, 2.45) is 11.8 Å². The minimum absolute atomic E-state index is 0.0130. The fraction of sp³-hybridized carbons (Fsp3) is 0.593. The van der Waals surface area contributed by atoms with Gasteiger partial charge in [0.1, 0.15) is 16.3 Å². The predicted molar refractivity (Wildman–Crippen MR) is 147 cm³/mol. The first-order valence-corrected chi connectivity index (χ1v) is 14.0. The molecule has 0 aromatic carbocycles. The number of hydrogen-bond acceptors (Lipinski definition) is 8. The molecule has 2 aliphatic carbocycles. The third kappa shape index (κ3) is 5.31. The van der Waals surface area contributed by atoms with E-state index in [2.05, 4.69) is 35.5 Å². The van der Waals surface area contributed by atoms with Crippen LogP contribution >= 0.6 is 11.3 Å². The van der Waals surface area contributed by atoms with Gasteiger partial charge in [0.05, 0.1) is 21.7 Å². The molecule has 0 spiro atoms. The smallest absolute Gasteiger partial charge is 0.225 e. The Balaban J connectivity index is 1.46. The average molecular weight is 508 g/mol. The number of carbonyl (C=O) groups is 1. The molecule has 0 bridgehead atoms. The van der Waals surface area contributed by atoms with E-state index in [0.29, 0.717) is 30.4 Å². The van der Waals surface area contributed by atoms with Gasteiger partial charge in [0, 0.05) is 44.7 Å². The molecule has 192 valence electrons. The minimum atomic E-state index is -0.0130. The number of fused-ring (bicyclic) bond motifs is 1. The lowest BCUT2D eigenvalue weighted by atomic mass is 10.0. The summed E-state index contributed by atoms with van der Waals surface area (Å²) in [6.45, 7) is 6.96. The number of aryl methyl sites for hydroxylation is 1. The third-order valence-corrected chi connectivity index (χ3v) is 8.40. The molecule has 3 aromatic rings. The van der Waals surface area contributed by atoms with Crippen molar-refractivity contribution in [2.75, 3.05) is 31.3 Å². The topological polar surface area (TPSA) is 95.9 Å². The van der Waals surface area contributed by atoms with E-state index in [-0.39, 0.29) is 11.8 Å². The van der Waals surface area contributed by atoms with E-state index in [0.717, 1.165) is 50.8 Å². The van der Waals surface area contributed by atoms with Crippen LogP contribution in [0.25, 0.3) is 20.8 Å². The molecule has 2 atom stereocenters. The molecular formula is C27H37N7OS. The van der Waals surface area contributed by atoms with Gasteiger partial charge in [0.25, 0.3) is 0 Å². The highest BCUT2D eigenvalue weighted by molar-refractivity contribution is 7.21. The fourth-order valence-electron chi connectivity index (χ4n) is 4.81. The number of hydrogen-bond donors (Lipinski definition) is 2. The van der Waals surface area contributed by atoms with Crippen LogP contribution in [0.1, 0.15) is 69.7 Å². The second-order valence-corrected chi connectivity index (χ2v) is 11.5. The van der Waals surface area contributed by atoms with E-state index in [1.807, 2.05) is 27.2 Å². The summed E-state index contributed by atoms with van der Waals surface area (Å²) < 4.78 is 1.15. The SMILES string of the molecule is CCC(CCNc1nc(N[C@H](C)C2CC2)nc(C)c1-c1nc2c(C3CC3)nccc2s1)C(=O)N(C)C. The van der Waals surface area contributed by atoms with Gasteiger partial charge in [-0.2, -0.15) is 4.98 Å². The zero-order valence-corrected chi connectivity index (χ0v) is 22.8. The normalized spacial score (nSPS) is 17.1. The van der Waals surface area contributed by atoms with Crippen molar-refractivity contribution in [3.8, 4) is 10.6 Å². The Morgan fingerprint density at radius 2 is 1.97 bits per heavy atom. The van der Waals surface area contributed by atoms with E-state index in [1.54, 1.807) is 16.2 Å². The maximum atomic E-state index is 12.5. The maximum Gasteiger partial charge on any atom is 0.225 e. The molecule has 5 rings (SSSR count). The molecule has 8 nitrogen and oxygen atoms in total. The molecule has 9 heteroatoms. The number of amides is 1. The van der Waals surface area contributed by atoms with E-state index in [1.165, 1.54) is 25.7 Å². The Morgan fingerprint density at radius 1 is 1.19 bits per heavy atom. The second kappa shape index (κ2) is 10.3. The number of aromatic nitrogens is 4. The van der Waals surface area contributed by atoms with Gasteiger partial charge in [-0.1, -0.05) is 6.92 Å². The third-order valence-electron chi connectivity index (χ3n) is 7.36. The van der Waals surface area contributed by atoms with Gasteiger partial charge in [-0.05, 0) is 64.4 Å². The van der Waals surface area contributed by atoms with E-state index in [4.69, 9.17) is 15.0 Å². The molecule has 0 saturated heterocycles. The minimum Gasteiger partial charge on any atom is -0.369 e. The summed E-state index contributed by atoms with van der Waals surface area (Å²) >= 11 is 1.67. The molecule has 3 aromatic heterocycles. The lowest BCUT2D eigenvalue weighted by molar-refractivity contribution is -0.133. The Labute approximate surface area is 217 Å². The Hall–Kier alpha value is -2.81. The molecular weight excluding hydrogens is 470 g/mol. The van der Waals surface area contributed by atoms with Crippen molar-refractivity contribution in [1.82, 2.24) is 24.8 Å². The molecule has 2 saturated carbocycles. The Bertz CT molecular complexity index is 1250. The van der Waals surface area contributed by atoms with Gasteiger partial charge in [-0.15, -0.1) is 11.3 Å². The molecule has 3 heterocycles. The number of rotatable bonds is 11.